The molecule has 0 spiro atoms. The summed E-state index contributed by atoms with van der Waals surface area (Å²) in [7, 11) is 0. The van der Waals surface area contributed by atoms with Crippen molar-refractivity contribution in [3.8, 4) is 0 Å². The summed E-state index contributed by atoms with van der Waals surface area (Å²) >= 11 is 0. The second-order valence-electron chi connectivity index (χ2n) is 7.06. The van der Waals surface area contributed by atoms with Crippen molar-refractivity contribution in [1.29, 1.82) is 0 Å². The van der Waals surface area contributed by atoms with Crippen molar-refractivity contribution in [2.24, 2.45) is 0 Å². The number of nitrogens with one attached hydrogen (secondary N) is 1. The summed E-state index contributed by atoms with van der Waals surface area (Å²) in [4.78, 5) is 26.2. The predicted octanol–water partition coefficient (Wildman–Crippen LogP) is 1.34. The molecule has 3 aliphatic carbocycles. The van der Waals surface area contributed by atoms with Crippen molar-refractivity contribution in [3.05, 3.63) is 0 Å². The Morgan fingerprint density at radius 3 is 2.33 bits per heavy atom. The molecule has 118 valence electrons. The molecule has 5 nitrogen and oxygen atoms in total. The number of hydrogen-bond acceptors (Lipinski definition) is 3. The summed E-state index contributed by atoms with van der Waals surface area (Å²) < 4.78 is 0. The van der Waals surface area contributed by atoms with Crippen LogP contribution < -0.4 is 5.32 Å². The van der Waals surface area contributed by atoms with Gasteiger partial charge < -0.3 is 15.3 Å². The van der Waals surface area contributed by atoms with Crippen molar-refractivity contribution in [1.82, 2.24) is 10.2 Å². The van der Waals surface area contributed by atoms with E-state index in [-0.39, 0.29) is 30.8 Å². The Kier molecular flexibility index (Phi) is 4.20. The van der Waals surface area contributed by atoms with Gasteiger partial charge in [0.1, 0.15) is 0 Å². The third kappa shape index (κ3) is 4.19. The summed E-state index contributed by atoms with van der Waals surface area (Å²) in [5, 5.41) is 13.5. The fraction of sp³-hybridized carbons (Fsp3) is 0.875. The zero-order valence-electron chi connectivity index (χ0n) is 12.6. The van der Waals surface area contributed by atoms with Crippen molar-refractivity contribution < 1.29 is 14.7 Å². The minimum atomic E-state index is -0.838. The van der Waals surface area contributed by atoms with Crippen LogP contribution in [0.1, 0.15) is 64.2 Å². The molecule has 3 aliphatic rings. The van der Waals surface area contributed by atoms with Crippen LogP contribution in [0.4, 0.5) is 0 Å². The van der Waals surface area contributed by atoms with Gasteiger partial charge in [0.25, 0.3) is 0 Å². The molecule has 3 fully saturated rings. The van der Waals surface area contributed by atoms with Gasteiger partial charge in [0, 0.05) is 12.1 Å². The lowest BCUT2D eigenvalue weighted by molar-refractivity contribution is -0.142. The molecular weight excluding hydrogens is 268 g/mol. The number of rotatable bonds is 6. The molecule has 0 atom stereocenters. The molecule has 3 saturated carbocycles. The summed E-state index contributed by atoms with van der Waals surface area (Å²) in [6.07, 6.45) is 8.84. The van der Waals surface area contributed by atoms with Crippen LogP contribution in [0.2, 0.25) is 0 Å². The molecule has 0 heterocycles. The number of carbonyl (C=O) groups excluding carboxylic acids is 2. The first kappa shape index (κ1) is 14.8. The molecule has 2 amide bonds. The van der Waals surface area contributed by atoms with Crippen molar-refractivity contribution >= 4 is 11.8 Å². The Morgan fingerprint density at radius 1 is 1.10 bits per heavy atom. The number of hydrogen-bond donors (Lipinski definition) is 2. The SMILES string of the molecule is O=C(CN(C(=O)CC1(O)CCCCC1)C1CC1)NC1CC1. The van der Waals surface area contributed by atoms with Gasteiger partial charge in [0.15, 0.2) is 0 Å². The van der Waals surface area contributed by atoms with Crippen LogP contribution in [-0.4, -0.2) is 46.1 Å². The number of carbonyl (C=O) groups is 2. The largest absolute Gasteiger partial charge is 0.389 e. The number of aliphatic hydroxyl groups is 1. The van der Waals surface area contributed by atoms with E-state index in [9.17, 15) is 14.7 Å². The number of nitrogens with zero attached hydrogens (tertiary/aromatic N) is 1. The zero-order chi connectivity index (χ0) is 14.9. The monoisotopic (exact) mass is 294 g/mol. The average Bonchev–Trinajstić information content (AvgIpc) is 3.30. The maximum Gasteiger partial charge on any atom is 0.239 e. The topological polar surface area (TPSA) is 69.6 Å². The summed E-state index contributed by atoms with van der Waals surface area (Å²) in [5.74, 6) is -0.0961. The van der Waals surface area contributed by atoms with E-state index in [1.807, 2.05) is 0 Å². The van der Waals surface area contributed by atoms with Crippen LogP contribution in [0.25, 0.3) is 0 Å². The van der Waals surface area contributed by atoms with E-state index in [4.69, 9.17) is 0 Å². The molecule has 21 heavy (non-hydrogen) atoms. The van der Waals surface area contributed by atoms with Gasteiger partial charge in [-0.2, -0.15) is 0 Å². The summed E-state index contributed by atoms with van der Waals surface area (Å²) in [6, 6.07) is 0.547. The second kappa shape index (κ2) is 5.95. The van der Waals surface area contributed by atoms with Crippen molar-refractivity contribution in [2.45, 2.75) is 81.9 Å². The van der Waals surface area contributed by atoms with Gasteiger partial charge in [-0.15, -0.1) is 0 Å². The lowest BCUT2D eigenvalue weighted by Crippen LogP contribution is -2.46. The van der Waals surface area contributed by atoms with Crippen LogP contribution in [0, 0.1) is 0 Å². The zero-order valence-corrected chi connectivity index (χ0v) is 12.6. The number of amides is 2. The highest BCUT2D eigenvalue weighted by atomic mass is 16.3. The van der Waals surface area contributed by atoms with Crippen LogP contribution >= 0.6 is 0 Å². The molecule has 5 heteroatoms. The molecule has 0 saturated heterocycles. The molecule has 0 aromatic carbocycles. The average molecular weight is 294 g/mol. The van der Waals surface area contributed by atoms with E-state index < -0.39 is 5.60 Å². The Bertz CT molecular complexity index is 410. The van der Waals surface area contributed by atoms with Crippen LogP contribution in [0.5, 0.6) is 0 Å². The van der Waals surface area contributed by atoms with Gasteiger partial charge in [-0.1, -0.05) is 19.3 Å². The molecule has 0 bridgehead atoms. The van der Waals surface area contributed by atoms with Crippen LogP contribution in [-0.2, 0) is 9.59 Å². The first-order valence-corrected chi connectivity index (χ1v) is 8.37. The predicted molar refractivity (Wildman–Crippen MR) is 78.6 cm³/mol. The van der Waals surface area contributed by atoms with Gasteiger partial charge in [-0.05, 0) is 38.5 Å². The lowest BCUT2D eigenvalue weighted by Gasteiger charge is -2.33. The fourth-order valence-electron chi connectivity index (χ4n) is 3.23. The minimum absolute atomic E-state index is 0.0478. The Morgan fingerprint density at radius 2 is 1.76 bits per heavy atom. The molecule has 3 rings (SSSR count). The standard InChI is InChI=1S/C16H26N2O3/c19-14(17-12-4-5-12)11-18(13-6-7-13)15(20)10-16(21)8-2-1-3-9-16/h12-13,21H,1-11H2,(H,17,19). The van der Waals surface area contributed by atoms with Gasteiger partial charge >= 0.3 is 0 Å². The first-order valence-electron chi connectivity index (χ1n) is 8.37. The Hall–Kier alpha value is -1.10. The van der Waals surface area contributed by atoms with Crippen LogP contribution in [0.3, 0.4) is 0 Å². The maximum atomic E-state index is 12.5. The molecular formula is C16H26N2O3. The maximum absolute atomic E-state index is 12.5. The lowest BCUT2D eigenvalue weighted by atomic mass is 9.82. The summed E-state index contributed by atoms with van der Waals surface area (Å²) in [5.41, 5.74) is -0.838. The van der Waals surface area contributed by atoms with E-state index in [1.165, 1.54) is 0 Å². The minimum Gasteiger partial charge on any atom is -0.389 e. The molecule has 0 unspecified atom stereocenters. The summed E-state index contributed by atoms with van der Waals surface area (Å²) in [6.45, 7) is 0.163. The first-order chi connectivity index (χ1) is 10.1. The van der Waals surface area contributed by atoms with Crippen LogP contribution in [0.15, 0.2) is 0 Å². The molecule has 0 aliphatic heterocycles. The smallest absolute Gasteiger partial charge is 0.239 e. The van der Waals surface area contributed by atoms with Crippen molar-refractivity contribution in [2.75, 3.05) is 6.54 Å². The highest BCUT2D eigenvalue weighted by Gasteiger charge is 2.39. The third-order valence-electron chi connectivity index (χ3n) is 4.83. The van der Waals surface area contributed by atoms with Gasteiger partial charge in [-0.25, -0.2) is 0 Å². The van der Waals surface area contributed by atoms with E-state index in [1.54, 1.807) is 4.90 Å². The third-order valence-corrected chi connectivity index (χ3v) is 4.83. The van der Waals surface area contributed by atoms with Gasteiger partial charge in [0.05, 0.1) is 18.6 Å². The fourth-order valence-corrected chi connectivity index (χ4v) is 3.23. The highest BCUT2D eigenvalue weighted by Crippen LogP contribution is 2.33. The van der Waals surface area contributed by atoms with Gasteiger partial charge in [0.2, 0.25) is 11.8 Å². The van der Waals surface area contributed by atoms with E-state index in [0.717, 1.165) is 44.9 Å². The Balaban J connectivity index is 1.54. The van der Waals surface area contributed by atoms with E-state index in [0.29, 0.717) is 18.9 Å². The second-order valence-corrected chi connectivity index (χ2v) is 7.06. The quantitative estimate of drug-likeness (QED) is 0.777. The molecule has 0 aromatic heterocycles. The molecule has 0 aromatic rings. The molecule has 0 radical (unpaired) electrons. The molecule has 2 N–H and O–H groups in total. The van der Waals surface area contributed by atoms with Gasteiger partial charge in [-0.3, -0.25) is 9.59 Å². The normalized spacial score (nSPS) is 24.4. The van der Waals surface area contributed by atoms with E-state index in [2.05, 4.69) is 5.32 Å². The van der Waals surface area contributed by atoms with E-state index >= 15 is 0 Å². The Labute approximate surface area is 126 Å². The highest BCUT2D eigenvalue weighted by molar-refractivity contribution is 5.86. The van der Waals surface area contributed by atoms with Crippen molar-refractivity contribution in [3.63, 3.8) is 0 Å².